The molecule has 0 aliphatic heterocycles. The largest absolute Gasteiger partial charge is 0.115 e. The van der Waals surface area contributed by atoms with Crippen LogP contribution in [0.15, 0.2) is 42.5 Å². The van der Waals surface area contributed by atoms with E-state index in [4.69, 9.17) is 6.42 Å². The molecule has 22 heavy (non-hydrogen) atoms. The minimum atomic E-state index is 0.624. The number of aryl methyl sites for hydroxylation is 3. The smallest absolute Gasteiger partial charge is 0.0242 e. The van der Waals surface area contributed by atoms with Crippen molar-refractivity contribution in [1.82, 2.24) is 0 Å². The van der Waals surface area contributed by atoms with E-state index in [0.29, 0.717) is 5.92 Å². The SMILES string of the molecule is C#Cc1ccc(C(CCC)CCc2ccc(C)c(C)c2)cc1. The fourth-order valence-corrected chi connectivity index (χ4v) is 2.98. The molecule has 1 unspecified atom stereocenters. The van der Waals surface area contributed by atoms with Crippen molar-refractivity contribution in [2.75, 3.05) is 0 Å². The second kappa shape index (κ2) is 7.85. The van der Waals surface area contributed by atoms with Gasteiger partial charge in [0.2, 0.25) is 0 Å². The van der Waals surface area contributed by atoms with Crippen molar-refractivity contribution in [3.8, 4) is 12.3 Å². The molecule has 114 valence electrons. The maximum absolute atomic E-state index is 5.45. The zero-order valence-corrected chi connectivity index (χ0v) is 14.0. The first-order valence-corrected chi connectivity index (χ1v) is 8.26. The molecule has 0 spiro atoms. The predicted octanol–water partition coefficient (Wildman–Crippen LogP) is 5.80. The van der Waals surface area contributed by atoms with Gasteiger partial charge in [-0.2, -0.15) is 0 Å². The van der Waals surface area contributed by atoms with Gasteiger partial charge in [-0.15, -0.1) is 6.42 Å². The van der Waals surface area contributed by atoms with Gasteiger partial charge in [-0.05, 0) is 73.4 Å². The summed E-state index contributed by atoms with van der Waals surface area (Å²) in [7, 11) is 0. The summed E-state index contributed by atoms with van der Waals surface area (Å²) < 4.78 is 0. The zero-order valence-electron chi connectivity index (χ0n) is 14.0. The number of terminal acetylenes is 1. The van der Waals surface area contributed by atoms with Crippen LogP contribution in [0.3, 0.4) is 0 Å². The Morgan fingerprint density at radius 1 is 0.955 bits per heavy atom. The maximum atomic E-state index is 5.45. The molecular weight excluding hydrogens is 264 g/mol. The lowest BCUT2D eigenvalue weighted by Gasteiger charge is -2.17. The van der Waals surface area contributed by atoms with Crippen LogP contribution in [0.2, 0.25) is 0 Å². The Morgan fingerprint density at radius 2 is 1.68 bits per heavy atom. The highest BCUT2D eigenvalue weighted by Gasteiger charge is 2.11. The summed E-state index contributed by atoms with van der Waals surface area (Å²) in [6, 6.07) is 15.4. The molecule has 0 nitrogen and oxygen atoms in total. The molecule has 1 atom stereocenters. The van der Waals surface area contributed by atoms with E-state index in [1.165, 1.54) is 41.5 Å². The molecule has 0 amide bonds. The molecule has 0 heterocycles. The Morgan fingerprint density at radius 3 is 2.27 bits per heavy atom. The molecule has 0 fully saturated rings. The zero-order chi connectivity index (χ0) is 15.9. The molecule has 0 N–H and O–H groups in total. The van der Waals surface area contributed by atoms with Crippen molar-refractivity contribution in [3.63, 3.8) is 0 Å². The molecule has 2 aromatic carbocycles. The van der Waals surface area contributed by atoms with E-state index in [1.807, 2.05) is 0 Å². The first-order valence-electron chi connectivity index (χ1n) is 8.26. The van der Waals surface area contributed by atoms with E-state index in [9.17, 15) is 0 Å². The Bertz CT molecular complexity index is 641. The van der Waals surface area contributed by atoms with E-state index >= 15 is 0 Å². The monoisotopic (exact) mass is 290 g/mol. The fraction of sp³-hybridized carbons (Fsp3) is 0.364. The van der Waals surface area contributed by atoms with Gasteiger partial charge < -0.3 is 0 Å². The lowest BCUT2D eigenvalue weighted by molar-refractivity contribution is 0.568. The molecule has 2 aromatic rings. The van der Waals surface area contributed by atoms with Crippen LogP contribution in [-0.4, -0.2) is 0 Å². The van der Waals surface area contributed by atoms with Gasteiger partial charge in [-0.1, -0.05) is 49.6 Å². The molecule has 0 aliphatic carbocycles. The van der Waals surface area contributed by atoms with Crippen LogP contribution in [0.4, 0.5) is 0 Å². The fourth-order valence-electron chi connectivity index (χ4n) is 2.98. The van der Waals surface area contributed by atoms with E-state index in [0.717, 1.165) is 12.0 Å². The van der Waals surface area contributed by atoms with Crippen molar-refractivity contribution < 1.29 is 0 Å². The van der Waals surface area contributed by atoms with Crippen LogP contribution in [-0.2, 0) is 6.42 Å². The highest BCUT2D eigenvalue weighted by molar-refractivity contribution is 5.35. The third kappa shape index (κ3) is 4.25. The van der Waals surface area contributed by atoms with Crippen molar-refractivity contribution in [2.45, 2.75) is 52.4 Å². The van der Waals surface area contributed by atoms with Gasteiger partial charge in [0.15, 0.2) is 0 Å². The summed E-state index contributed by atoms with van der Waals surface area (Å²) in [5.41, 5.74) is 6.60. The summed E-state index contributed by atoms with van der Waals surface area (Å²) in [4.78, 5) is 0. The first kappa shape index (κ1) is 16.4. The molecular formula is C22H26. The third-order valence-corrected chi connectivity index (χ3v) is 4.54. The molecule has 0 radical (unpaired) electrons. The highest BCUT2D eigenvalue weighted by Crippen LogP contribution is 2.27. The molecule has 0 saturated heterocycles. The second-order valence-corrected chi connectivity index (χ2v) is 6.21. The number of benzene rings is 2. The number of rotatable bonds is 6. The van der Waals surface area contributed by atoms with Crippen molar-refractivity contribution >= 4 is 0 Å². The lowest BCUT2D eigenvalue weighted by atomic mass is 9.88. The van der Waals surface area contributed by atoms with Crippen molar-refractivity contribution in [1.29, 1.82) is 0 Å². The van der Waals surface area contributed by atoms with Crippen molar-refractivity contribution in [3.05, 3.63) is 70.3 Å². The van der Waals surface area contributed by atoms with E-state index in [2.05, 4.69) is 69.2 Å². The molecule has 0 aromatic heterocycles. The van der Waals surface area contributed by atoms with E-state index in [1.54, 1.807) is 0 Å². The van der Waals surface area contributed by atoms with Crippen molar-refractivity contribution in [2.24, 2.45) is 0 Å². The summed E-state index contributed by atoms with van der Waals surface area (Å²) in [6.07, 6.45) is 10.2. The molecule has 0 aliphatic rings. The summed E-state index contributed by atoms with van der Waals surface area (Å²) in [5.74, 6) is 3.32. The molecule has 2 rings (SSSR count). The standard InChI is InChI=1S/C22H26/c1-5-7-21(22-13-10-19(6-2)11-14-22)15-12-20-9-8-17(3)18(4)16-20/h2,8-11,13-14,16,21H,5,7,12,15H2,1,3-4H3. The first-order chi connectivity index (χ1) is 10.6. The Labute approximate surface area is 135 Å². The topological polar surface area (TPSA) is 0 Å². The van der Waals surface area contributed by atoms with E-state index < -0.39 is 0 Å². The summed E-state index contributed by atoms with van der Waals surface area (Å²) >= 11 is 0. The molecule has 0 bridgehead atoms. The van der Waals surface area contributed by atoms with Gasteiger partial charge in [0.1, 0.15) is 0 Å². The molecule has 0 heteroatoms. The van der Waals surface area contributed by atoms with Crippen LogP contribution in [0, 0.1) is 26.2 Å². The Kier molecular flexibility index (Phi) is 5.84. The average molecular weight is 290 g/mol. The predicted molar refractivity (Wildman–Crippen MR) is 96.3 cm³/mol. The normalized spacial score (nSPS) is 11.9. The van der Waals surface area contributed by atoms with E-state index in [-0.39, 0.29) is 0 Å². The Balaban J connectivity index is 2.07. The summed E-state index contributed by atoms with van der Waals surface area (Å²) in [5, 5.41) is 0. The quantitative estimate of drug-likeness (QED) is 0.590. The van der Waals surface area contributed by atoms with Crippen LogP contribution in [0.1, 0.15) is 59.9 Å². The van der Waals surface area contributed by atoms with Gasteiger partial charge in [-0.3, -0.25) is 0 Å². The van der Waals surface area contributed by atoms with Gasteiger partial charge in [0.25, 0.3) is 0 Å². The minimum Gasteiger partial charge on any atom is -0.115 e. The van der Waals surface area contributed by atoms with Gasteiger partial charge in [-0.25, -0.2) is 0 Å². The lowest BCUT2D eigenvalue weighted by Crippen LogP contribution is -2.01. The van der Waals surface area contributed by atoms with Gasteiger partial charge >= 0.3 is 0 Å². The van der Waals surface area contributed by atoms with Gasteiger partial charge in [0, 0.05) is 5.56 Å². The molecule has 0 saturated carbocycles. The van der Waals surface area contributed by atoms with Gasteiger partial charge in [0.05, 0.1) is 0 Å². The Hall–Kier alpha value is -2.00. The van der Waals surface area contributed by atoms with Crippen LogP contribution < -0.4 is 0 Å². The number of hydrogen-bond donors (Lipinski definition) is 0. The second-order valence-electron chi connectivity index (χ2n) is 6.21. The maximum Gasteiger partial charge on any atom is 0.0242 e. The average Bonchev–Trinajstić information content (AvgIpc) is 2.55. The summed E-state index contributed by atoms with van der Waals surface area (Å²) in [6.45, 7) is 6.63. The van der Waals surface area contributed by atoms with Crippen LogP contribution >= 0.6 is 0 Å². The number of hydrogen-bond acceptors (Lipinski definition) is 0. The van der Waals surface area contributed by atoms with Crippen LogP contribution in [0.5, 0.6) is 0 Å². The highest BCUT2D eigenvalue weighted by atomic mass is 14.2. The van der Waals surface area contributed by atoms with Crippen LogP contribution in [0.25, 0.3) is 0 Å². The minimum absolute atomic E-state index is 0.624. The third-order valence-electron chi connectivity index (χ3n) is 4.54.